The number of nitrogens with one attached hydrogen (secondary N) is 2. The molecular formula is C14H18N4O. The number of piperidine rings is 1. The van der Waals surface area contributed by atoms with Gasteiger partial charge in [0.25, 0.3) is 0 Å². The Morgan fingerprint density at radius 2 is 2.37 bits per heavy atom. The van der Waals surface area contributed by atoms with Gasteiger partial charge in [0.05, 0.1) is 12.6 Å². The minimum atomic E-state index is 0.414. The molecule has 2 aromatic rings. The standard InChI is InChI=1S/C14H18N4O/c1-19-12-5-4-10-8-16-14(18-13(10)7-12)17-11-3-2-6-15-9-11/h4-5,7-8,11,15H,2-3,6,9H2,1H3,(H,16,17,18). The highest BCUT2D eigenvalue weighted by Crippen LogP contribution is 2.19. The van der Waals surface area contributed by atoms with Crippen molar-refractivity contribution >= 4 is 16.9 Å². The predicted octanol–water partition coefficient (Wildman–Crippen LogP) is 1.80. The number of methoxy groups -OCH3 is 1. The molecule has 1 aliphatic rings. The Kier molecular flexibility index (Phi) is 3.46. The Hall–Kier alpha value is -1.88. The van der Waals surface area contributed by atoms with Crippen molar-refractivity contribution < 1.29 is 4.74 Å². The second kappa shape index (κ2) is 5.40. The fourth-order valence-electron chi connectivity index (χ4n) is 2.36. The van der Waals surface area contributed by atoms with E-state index < -0.39 is 0 Å². The number of rotatable bonds is 3. The first-order valence-corrected chi connectivity index (χ1v) is 6.63. The van der Waals surface area contributed by atoms with Crippen LogP contribution in [0.3, 0.4) is 0 Å². The molecule has 0 saturated carbocycles. The van der Waals surface area contributed by atoms with E-state index in [4.69, 9.17) is 4.74 Å². The SMILES string of the molecule is COc1ccc2cnc(NC3CCCNC3)nc2c1. The number of anilines is 1. The van der Waals surface area contributed by atoms with Gasteiger partial charge in [-0.3, -0.25) is 0 Å². The summed E-state index contributed by atoms with van der Waals surface area (Å²) in [6, 6.07) is 6.24. The zero-order chi connectivity index (χ0) is 13.1. The maximum Gasteiger partial charge on any atom is 0.223 e. The number of nitrogens with zero attached hydrogens (tertiary/aromatic N) is 2. The van der Waals surface area contributed by atoms with Crippen molar-refractivity contribution in [2.45, 2.75) is 18.9 Å². The molecule has 3 rings (SSSR count). The van der Waals surface area contributed by atoms with Gasteiger partial charge in [0.15, 0.2) is 0 Å². The molecule has 0 amide bonds. The molecule has 0 radical (unpaired) electrons. The summed E-state index contributed by atoms with van der Waals surface area (Å²) in [7, 11) is 1.66. The number of aromatic nitrogens is 2. The summed E-state index contributed by atoms with van der Waals surface area (Å²) in [4.78, 5) is 8.91. The van der Waals surface area contributed by atoms with E-state index in [9.17, 15) is 0 Å². The monoisotopic (exact) mass is 258 g/mol. The van der Waals surface area contributed by atoms with Crippen LogP contribution in [-0.4, -0.2) is 36.2 Å². The van der Waals surface area contributed by atoms with E-state index in [2.05, 4.69) is 20.6 Å². The summed E-state index contributed by atoms with van der Waals surface area (Å²) in [5.74, 6) is 1.51. The first-order valence-electron chi connectivity index (χ1n) is 6.63. The van der Waals surface area contributed by atoms with E-state index in [0.717, 1.165) is 36.2 Å². The quantitative estimate of drug-likeness (QED) is 0.879. The minimum Gasteiger partial charge on any atom is -0.497 e. The Bertz CT molecular complexity index is 566. The lowest BCUT2D eigenvalue weighted by atomic mass is 10.1. The summed E-state index contributed by atoms with van der Waals surface area (Å²) in [5.41, 5.74) is 0.903. The van der Waals surface area contributed by atoms with Crippen molar-refractivity contribution in [3.05, 3.63) is 24.4 Å². The summed E-state index contributed by atoms with van der Waals surface area (Å²) in [6.07, 6.45) is 4.20. The van der Waals surface area contributed by atoms with Gasteiger partial charge in [-0.15, -0.1) is 0 Å². The molecule has 1 unspecified atom stereocenters. The molecule has 5 heteroatoms. The molecule has 5 nitrogen and oxygen atoms in total. The average molecular weight is 258 g/mol. The number of fused-ring (bicyclic) bond motifs is 1. The van der Waals surface area contributed by atoms with Crippen LogP contribution in [0.4, 0.5) is 5.95 Å². The van der Waals surface area contributed by atoms with Crippen LogP contribution in [-0.2, 0) is 0 Å². The topological polar surface area (TPSA) is 59.1 Å². The smallest absolute Gasteiger partial charge is 0.223 e. The fourth-order valence-corrected chi connectivity index (χ4v) is 2.36. The maximum absolute atomic E-state index is 5.22. The second-order valence-corrected chi connectivity index (χ2v) is 4.81. The zero-order valence-electron chi connectivity index (χ0n) is 11.0. The Morgan fingerprint density at radius 1 is 1.42 bits per heavy atom. The van der Waals surface area contributed by atoms with Crippen molar-refractivity contribution in [3.63, 3.8) is 0 Å². The van der Waals surface area contributed by atoms with Crippen molar-refractivity contribution in [1.82, 2.24) is 15.3 Å². The normalized spacial score (nSPS) is 19.3. The van der Waals surface area contributed by atoms with Crippen molar-refractivity contribution in [2.24, 2.45) is 0 Å². The highest BCUT2D eigenvalue weighted by Gasteiger charge is 2.13. The van der Waals surface area contributed by atoms with Gasteiger partial charge in [-0.1, -0.05) is 0 Å². The van der Waals surface area contributed by atoms with Gasteiger partial charge >= 0.3 is 0 Å². The van der Waals surface area contributed by atoms with E-state index in [-0.39, 0.29) is 0 Å². The van der Waals surface area contributed by atoms with E-state index in [1.807, 2.05) is 24.4 Å². The summed E-state index contributed by atoms with van der Waals surface area (Å²) in [5, 5.41) is 7.78. The van der Waals surface area contributed by atoms with Gasteiger partial charge in [0, 0.05) is 30.2 Å². The molecule has 1 atom stereocenters. The average Bonchev–Trinajstić information content (AvgIpc) is 2.47. The van der Waals surface area contributed by atoms with E-state index in [1.165, 1.54) is 6.42 Å². The lowest BCUT2D eigenvalue weighted by Crippen LogP contribution is -2.38. The molecule has 1 saturated heterocycles. The molecule has 1 aliphatic heterocycles. The van der Waals surface area contributed by atoms with Crippen LogP contribution in [0.2, 0.25) is 0 Å². The largest absolute Gasteiger partial charge is 0.497 e. The highest BCUT2D eigenvalue weighted by molar-refractivity contribution is 5.80. The van der Waals surface area contributed by atoms with E-state index >= 15 is 0 Å². The third-order valence-corrected chi connectivity index (χ3v) is 3.42. The maximum atomic E-state index is 5.22. The molecule has 2 heterocycles. The molecule has 1 aromatic heterocycles. The third-order valence-electron chi connectivity index (χ3n) is 3.42. The van der Waals surface area contributed by atoms with Gasteiger partial charge in [0.1, 0.15) is 5.75 Å². The number of benzene rings is 1. The molecule has 100 valence electrons. The Labute approximate surface area is 112 Å². The lowest BCUT2D eigenvalue weighted by molar-refractivity contribution is 0.415. The van der Waals surface area contributed by atoms with Crippen molar-refractivity contribution in [1.29, 1.82) is 0 Å². The third kappa shape index (κ3) is 2.76. The Balaban J connectivity index is 1.83. The number of hydrogen-bond donors (Lipinski definition) is 2. The van der Waals surface area contributed by atoms with Gasteiger partial charge < -0.3 is 15.4 Å². The number of hydrogen-bond acceptors (Lipinski definition) is 5. The molecule has 0 aliphatic carbocycles. The fraction of sp³-hybridized carbons (Fsp3) is 0.429. The lowest BCUT2D eigenvalue weighted by Gasteiger charge is -2.23. The van der Waals surface area contributed by atoms with E-state index in [0.29, 0.717) is 12.0 Å². The molecule has 1 aromatic carbocycles. The molecular weight excluding hydrogens is 240 g/mol. The van der Waals surface area contributed by atoms with Crippen LogP contribution in [0, 0.1) is 0 Å². The van der Waals surface area contributed by atoms with Crippen LogP contribution >= 0.6 is 0 Å². The molecule has 0 spiro atoms. The summed E-state index contributed by atoms with van der Waals surface area (Å²) < 4.78 is 5.22. The molecule has 0 bridgehead atoms. The van der Waals surface area contributed by atoms with Crippen LogP contribution < -0.4 is 15.4 Å². The van der Waals surface area contributed by atoms with Gasteiger partial charge in [0.2, 0.25) is 5.95 Å². The van der Waals surface area contributed by atoms with Crippen LogP contribution in [0.25, 0.3) is 10.9 Å². The molecule has 19 heavy (non-hydrogen) atoms. The minimum absolute atomic E-state index is 0.414. The first-order chi connectivity index (χ1) is 9.35. The van der Waals surface area contributed by atoms with Crippen molar-refractivity contribution in [3.8, 4) is 5.75 Å². The zero-order valence-corrected chi connectivity index (χ0v) is 11.0. The van der Waals surface area contributed by atoms with E-state index in [1.54, 1.807) is 7.11 Å². The molecule has 1 fully saturated rings. The van der Waals surface area contributed by atoms with Crippen molar-refractivity contribution in [2.75, 3.05) is 25.5 Å². The predicted molar refractivity (Wildman–Crippen MR) is 75.6 cm³/mol. The molecule has 2 N–H and O–H groups in total. The van der Waals surface area contributed by atoms with Gasteiger partial charge in [-0.2, -0.15) is 0 Å². The van der Waals surface area contributed by atoms with Crippen LogP contribution in [0.15, 0.2) is 24.4 Å². The summed E-state index contributed by atoms with van der Waals surface area (Å²) in [6.45, 7) is 2.08. The first kappa shape index (κ1) is 12.2. The summed E-state index contributed by atoms with van der Waals surface area (Å²) >= 11 is 0. The Morgan fingerprint density at radius 3 is 3.16 bits per heavy atom. The van der Waals surface area contributed by atoms with Gasteiger partial charge in [-0.05, 0) is 31.5 Å². The number of ether oxygens (including phenoxy) is 1. The highest BCUT2D eigenvalue weighted by atomic mass is 16.5. The van der Waals surface area contributed by atoms with Crippen LogP contribution in [0.1, 0.15) is 12.8 Å². The second-order valence-electron chi connectivity index (χ2n) is 4.81. The van der Waals surface area contributed by atoms with Gasteiger partial charge in [-0.25, -0.2) is 9.97 Å². The van der Waals surface area contributed by atoms with Crippen LogP contribution in [0.5, 0.6) is 5.75 Å².